The first kappa shape index (κ1) is 23.4. The average molecular weight is 454 g/mol. The first-order chi connectivity index (χ1) is 15.8. The summed E-state index contributed by atoms with van der Waals surface area (Å²) in [5, 5.41) is 0. The van der Waals surface area contributed by atoms with Crippen molar-refractivity contribution in [3.63, 3.8) is 0 Å². The van der Waals surface area contributed by atoms with E-state index in [-0.39, 0.29) is 11.9 Å². The lowest BCUT2D eigenvalue weighted by molar-refractivity contribution is -0.134. The Labute approximate surface area is 196 Å². The van der Waals surface area contributed by atoms with E-state index in [2.05, 4.69) is 17.9 Å². The van der Waals surface area contributed by atoms with Gasteiger partial charge in [0.25, 0.3) is 5.91 Å². The van der Waals surface area contributed by atoms with Gasteiger partial charge >= 0.3 is 6.03 Å². The van der Waals surface area contributed by atoms with Gasteiger partial charge in [-0.15, -0.1) is 0 Å². The quantitative estimate of drug-likeness (QED) is 0.564. The van der Waals surface area contributed by atoms with E-state index in [1.807, 2.05) is 42.2 Å². The number of likely N-dealkylation sites (tertiary alicyclic amines) is 1. The number of hydrogen-bond acceptors (Lipinski definition) is 5. The Bertz CT molecular complexity index is 976. The topological polar surface area (TPSA) is 66.2 Å². The van der Waals surface area contributed by atoms with Crippen LogP contribution in [0.1, 0.15) is 49.2 Å². The number of nitrogens with zero attached hydrogens (tertiary/aromatic N) is 3. The number of methoxy groups -OCH3 is 1. The summed E-state index contributed by atoms with van der Waals surface area (Å²) >= 11 is 0. The van der Waals surface area contributed by atoms with Crippen LogP contribution in [0.3, 0.4) is 0 Å². The molecule has 0 aliphatic carbocycles. The average Bonchev–Trinajstić information content (AvgIpc) is 3.34. The number of furan rings is 1. The number of carbonyl (C=O) groups excluding carboxylic acids is 2. The highest BCUT2D eigenvalue weighted by atomic mass is 16.5. The number of benzene rings is 1. The van der Waals surface area contributed by atoms with Crippen LogP contribution in [0.25, 0.3) is 0 Å². The van der Waals surface area contributed by atoms with Crippen LogP contribution in [-0.2, 0) is 11.2 Å². The molecule has 7 heteroatoms. The molecule has 1 aromatic heterocycles. The number of hydrogen-bond donors (Lipinski definition) is 0. The van der Waals surface area contributed by atoms with Crippen molar-refractivity contribution in [1.29, 1.82) is 0 Å². The van der Waals surface area contributed by atoms with Crippen molar-refractivity contribution >= 4 is 11.9 Å². The highest BCUT2D eigenvalue weighted by Crippen LogP contribution is 2.37. The summed E-state index contributed by atoms with van der Waals surface area (Å²) in [6.45, 7) is 7.29. The second-order valence-corrected chi connectivity index (χ2v) is 9.41. The number of amides is 3. The molecule has 2 saturated heterocycles. The number of likely N-dealkylation sites (N-methyl/N-ethyl adjacent to an activating group) is 1. The molecule has 2 fully saturated rings. The maximum absolute atomic E-state index is 13.2. The molecular weight excluding hydrogens is 418 g/mol. The smallest absolute Gasteiger partial charge is 0.327 e. The van der Waals surface area contributed by atoms with Crippen LogP contribution in [0.15, 0.2) is 40.8 Å². The number of piperidine rings is 1. The van der Waals surface area contributed by atoms with Gasteiger partial charge in [-0.1, -0.05) is 19.1 Å². The van der Waals surface area contributed by atoms with Gasteiger partial charge in [0, 0.05) is 32.6 Å². The van der Waals surface area contributed by atoms with E-state index in [1.165, 1.54) is 4.90 Å². The molecule has 33 heavy (non-hydrogen) atoms. The van der Waals surface area contributed by atoms with Crippen molar-refractivity contribution < 1.29 is 18.7 Å². The molecule has 0 N–H and O–H groups in total. The second kappa shape index (κ2) is 9.59. The largest absolute Gasteiger partial charge is 0.497 e. The summed E-state index contributed by atoms with van der Waals surface area (Å²) in [4.78, 5) is 31.7. The standard InChI is InChI=1S/C26H35N3O4/c1-19(23-10-5-20(2)33-23)11-15-28-17-13-26(14-18-28)24(30)27(3)25(31)29(26)16-12-21-6-8-22(32-4)9-7-21/h5-10,19H,11-18H2,1-4H3. The summed E-state index contributed by atoms with van der Waals surface area (Å²) < 4.78 is 11.0. The van der Waals surface area contributed by atoms with Crippen molar-refractivity contribution in [2.75, 3.05) is 40.3 Å². The third-order valence-corrected chi connectivity index (χ3v) is 7.33. The first-order valence-electron chi connectivity index (χ1n) is 11.9. The van der Waals surface area contributed by atoms with Crippen LogP contribution in [-0.4, -0.2) is 72.5 Å². The predicted molar refractivity (Wildman–Crippen MR) is 126 cm³/mol. The van der Waals surface area contributed by atoms with E-state index in [1.54, 1.807) is 14.2 Å². The number of ether oxygens (including phenoxy) is 1. The van der Waals surface area contributed by atoms with Crippen LogP contribution in [0.5, 0.6) is 5.75 Å². The van der Waals surface area contributed by atoms with E-state index >= 15 is 0 Å². The van der Waals surface area contributed by atoms with E-state index in [0.29, 0.717) is 31.7 Å². The number of rotatable bonds is 8. The molecule has 2 aliphatic rings. The van der Waals surface area contributed by atoms with Gasteiger partial charge in [0.2, 0.25) is 0 Å². The lowest BCUT2D eigenvalue weighted by Gasteiger charge is -2.42. The van der Waals surface area contributed by atoms with Crippen LogP contribution >= 0.6 is 0 Å². The van der Waals surface area contributed by atoms with Gasteiger partial charge in [-0.05, 0) is 69.0 Å². The van der Waals surface area contributed by atoms with Crippen molar-refractivity contribution in [3.05, 3.63) is 53.5 Å². The lowest BCUT2D eigenvalue weighted by Crippen LogP contribution is -2.57. The molecule has 1 spiro atoms. The summed E-state index contributed by atoms with van der Waals surface area (Å²) in [5.74, 6) is 3.09. The lowest BCUT2D eigenvalue weighted by atomic mass is 9.85. The molecule has 0 saturated carbocycles. The third-order valence-electron chi connectivity index (χ3n) is 7.33. The normalized spacial score (nSPS) is 19.5. The van der Waals surface area contributed by atoms with E-state index in [0.717, 1.165) is 48.9 Å². The Hall–Kier alpha value is -2.80. The fraction of sp³-hybridized carbons (Fsp3) is 0.538. The number of carbonyl (C=O) groups is 2. The fourth-order valence-electron chi connectivity index (χ4n) is 5.09. The van der Waals surface area contributed by atoms with Crippen molar-refractivity contribution in [2.45, 2.75) is 51.0 Å². The monoisotopic (exact) mass is 453 g/mol. The highest BCUT2D eigenvalue weighted by molar-refractivity contribution is 6.06. The van der Waals surface area contributed by atoms with Gasteiger partial charge in [-0.3, -0.25) is 9.69 Å². The molecule has 4 rings (SSSR count). The maximum Gasteiger partial charge on any atom is 0.327 e. The van der Waals surface area contributed by atoms with Crippen LogP contribution in [0, 0.1) is 6.92 Å². The number of urea groups is 1. The maximum atomic E-state index is 13.2. The molecule has 3 heterocycles. The highest BCUT2D eigenvalue weighted by Gasteiger charge is 2.56. The zero-order valence-corrected chi connectivity index (χ0v) is 20.2. The molecule has 1 aromatic carbocycles. The molecule has 1 atom stereocenters. The molecule has 2 aromatic rings. The van der Waals surface area contributed by atoms with E-state index in [4.69, 9.17) is 9.15 Å². The minimum Gasteiger partial charge on any atom is -0.497 e. The Morgan fingerprint density at radius 3 is 2.36 bits per heavy atom. The van der Waals surface area contributed by atoms with E-state index in [9.17, 15) is 9.59 Å². The van der Waals surface area contributed by atoms with Crippen molar-refractivity contribution in [2.24, 2.45) is 0 Å². The van der Waals surface area contributed by atoms with E-state index < -0.39 is 5.54 Å². The molecule has 0 radical (unpaired) electrons. The Morgan fingerprint density at radius 1 is 1.06 bits per heavy atom. The number of aryl methyl sites for hydroxylation is 1. The van der Waals surface area contributed by atoms with Gasteiger partial charge in [0.1, 0.15) is 22.8 Å². The Kier molecular flexibility index (Phi) is 6.79. The summed E-state index contributed by atoms with van der Waals surface area (Å²) in [6.07, 6.45) is 3.08. The summed E-state index contributed by atoms with van der Waals surface area (Å²) in [7, 11) is 3.26. The fourth-order valence-corrected chi connectivity index (χ4v) is 5.09. The second-order valence-electron chi connectivity index (χ2n) is 9.41. The summed E-state index contributed by atoms with van der Waals surface area (Å²) in [5.41, 5.74) is 0.416. The van der Waals surface area contributed by atoms with Gasteiger partial charge in [0.05, 0.1) is 7.11 Å². The zero-order valence-electron chi connectivity index (χ0n) is 20.2. The Morgan fingerprint density at radius 2 is 1.76 bits per heavy atom. The van der Waals surface area contributed by atoms with Crippen molar-refractivity contribution in [3.8, 4) is 5.75 Å². The molecule has 0 bridgehead atoms. The van der Waals surface area contributed by atoms with Crippen molar-refractivity contribution in [1.82, 2.24) is 14.7 Å². The number of imide groups is 1. The zero-order chi connectivity index (χ0) is 23.6. The van der Waals surface area contributed by atoms with Crippen LogP contribution < -0.4 is 4.74 Å². The molecular formula is C26H35N3O4. The van der Waals surface area contributed by atoms with Gasteiger partial charge in [-0.25, -0.2) is 4.79 Å². The predicted octanol–water partition coefficient (Wildman–Crippen LogP) is 4.06. The molecule has 2 aliphatic heterocycles. The van der Waals surface area contributed by atoms with Crippen LogP contribution in [0.2, 0.25) is 0 Å². The Balaban J connectivity index is 1.36. The molecule has 1 unspecified atom stereocenters. The van der Waals surface area contributed by atoms with Gasteiger partial charge in [0.15, 0.2) is 0 Å². The summed E-state index contributed by atoms with van der Waals surface area (Å²) in [6, 6.07) is 11.8. The molecule has 178 valence electrons. The minimum absolute atomic E-state index is 0.0543. The third kappa shape index (κ3) is 4.64. The van der Waals surface area contributed by atoms with Gasteiger partial charge < -0.3 is 19.0 Å². The molecule has 7 nitrogen and oxygen atoms in total. The van der Waals surface area contributed by atoms with Gasteiger partial charge in [-0.2, -0.15) is 0 Å². The van der Waals surface area contributed by atoms with Crippen LogP contribution in [0.4, 0.5) is 4.79 Å². The minimum atomic E-state index is -0.710. The molecule has 3 amide bonds. The SMILES string of the molecule is COc1ccc(CCN2C(=O)N(C)C(=O)C23CCN(CCC(C)c2ccc(C)o2)CC3)cc1. The first-order valence-corrected chi connectivity index (χ1v) is 11.9.